The summed E-state index contributed by atoms with van der Waals surface area (Å²) in [5, 5.41) is 0. The molecule has 0 fully saturated rings. The molecule has 0 saturated carbocycles. The molecule has 0 aliphatic carbocycles. The molecule has 0 aliphatic heterocycles. The topological polar surface area (TPSA) is 41.3 Å². The first-order valence-corrected chi connectivity index (χ1v) is 8.95. The van der Waals surface area contributed by atoms with E-state index in [0.717, 1.165) is 5.56 Å². The average molecular weight is 359 g/mol. The summed E-state index contributed by atoms with van der Waals surface area (Å²) in [4.78, 5) is 26.9. The van der Waals surface area contributed by atoms with Crippen LogP contribution in [0.25, 0.3) is 0 Å². The van der Waals surface area contributed by atoms with E-state index >= 15 is 0 Å². The van der Waals surface area contributed by atoms with Gasteiger partial charge in [-0.3, -0.25) is 9.59 Å². The summed E-state index contributed by atoms with van der Waals surface area (Å²) in [5.74, 6) is -0.00563. The van der Waals surface area contributed by atoms with E-state index < -0.39 is 0 Å². The highest BCUT2D eigenvalue weighted by molar-refractivity contribution is 6.08. The summed E-state index contributed by atoms with van der Waals surface area (Å²) in [6.45, 7) is 2.43. The lowest BCUT2D eigenvalue weighted by atomic mass is 10.0. The van der Waals surface area contributed by atoms with Crippen LogP contribution in [-0.2, 0) is 11.3 Å². The molecule has 0 aliphatic rings. The number of nitrogens with zero attached hydrogens (tertiary/aromatic N) is 2. The highest BCUT2D eigenvalue weighted by Gasteiger charge is 2.25. The van der Waals surface area contributed by atoms with Gasteiger partial charge in [0.1, 0.15) is 0 Å². The second-order valence-electron chi connectivity index (χ2n) is 6.59. The van der Waals surface area contributed by atoms with Crippen LogP contribution in [-0.4, -0.2) is 23.6 Å². The van der Waals surface area contributed by atoms with Crippen LogP contribution >= 0.6 is 0 Å². The van der Waals surface area contributed by atoms with Crippen molar-refractivity contribution in [2.24, 2.45) is 0 Å². The van der Waals surface area contributed by atoms with E-state index in [-0.39, 0.29) is 17.7 Å². The number of hydrogen-bond acceptors (Lipinski definition) is 2. The SMILES string of the molecule is C[C@@H](C(=O)N(C)Cc1ccccc1)[n+]1ccc(C(=O)c2ccccc2)cc1. The zero-order valence-electron chi connectivity index (χ0n) is 15.6. The Hall–Kier alpha value is -3.27. The van der Waals surface area contributed by atoms with Gasteiger partial charge in [-0.05, 0) is 5.56 Å². The van der Waals surface area contributed by atoms with Crippen molar-refractivity contribution in [3.05, 3.63) is 102 Å². The first-order valence-electron chi connectivity index (χ1n) is 8.95. The number of benzene rings is 2. The Labute approximate surface area is 159 Å². The minimum atomic E-state index is -0.348. The normalized spacial score (nSPS) is 11.6. The van der Waals surface area contributed by atoms with Crippen molar-refractivity contribution in [1.82, 2.24) is 4.90 Å². The van der Waals surface area contributed by atoms with Crippen molar-refractivity contribution >= 4 is 11.7 Å². The second kappa shape index (κ2) is 8.41. The third-order valence-corrected chi connectivity index (χ3v) is 4.59. The fourth-order valence-electron chi connectivity index (χ4n) is 2.99. The maximum atomic E-state index is 12.7. The maximum Gasteiger partial charge on any atom is 0.291 e. The number of likely N-dealkylation sites (N-methyl/N-ethyl adjacent to an activating group) is 1. The predicted molar refractivity (Wildman–Crippen MR) is 104 cm³/mol. The quantitative estimate of drug-likeness (QED) is 0.500. The van der Waals surface area contributed by atoms with Crippen LogP contribution in [0.3, 0.4) is 0 Å². The Kier molecular flexibility index (Phi) is 5.77. The Morgan fingerprint density at radius 2 is 1.37 bits per heavy atom. The zero-order chi connectivity index (χ0) is 19.2. The zero-order valence-corrected chi connectivity index (χ0v) is 15.6. The molecule has 1 heterocycles. The number of pyridine rings is 1. The highest BCUT2D eigenvalue weighted by Crippen LogP contribution is 2.10. The van der Waals surface area contributed by atoms with Crippen molar-refractivity contribution < 1.29 is 14.2 Å². The van der Waals surface area contributed by atoms with Crippen LogP contribution in [0.5, 0.6) is 0 Å². The van der Waals surface area contributed by atoms with Gasteiger partial charge in [-0.2, -0.15) is 4.57 Å². The van der Waals surface area contributed by atoms with E-state index in [1.54, 1.807) is 48.6 Å². The number of carbonyl (C=O) groups excluding carboxylic acids is 2. The van der Waals surface area contributed by atoms with E-state index in [1.807, 2.05) is 60.0 Å². The van der Waals surface area contributed by atoms with Gasteiger partial charge in [-0.1, -0.05) is 60.7 Å². The maximum absolute atomic E-state index is 12.7. The molecule has 3 rings (SSSR count). The number of amides is 1. The third kappa shape index (κ3) is 4.47. The van der Waals surface area contributed by atoms with Gasteiger partial charge in [0, 0.05) is 43.8 Å². The van der Waals surface area contributed by atoms with Gasteiger partial charge in [0.2, 0.25) is 6.04 Å². The number of ketones is 1. The average Bonchev–Trinajstić information content (AvgIpc) is 2.73. The van der Waals surface area contributed by atoms with E-state index in [1.165, 1.54) is 0 Å². The molecule has 0 bridgehead atoms. The van der Waals surface area contributed by atoms with Crippen LogP contribution in [0.2, 0.25) is 0 Å². The summed E-state index contributed by atoms with van der Waals surface area (Å²) in [5.41, 5.74) is 2.35. The molecular formula is C23H23N2O2+. The summed E-state index contributed by atoms with van der Waals surface area (Å²) < 4.78 is 1.82. The molecule has 4 nitrogen and oxygen atoms in total. The van der Waals surface area contributed by atoms with Crippen molar-refractivity contribution in [2.45, 2.75) is 19.5 Å². The van der Waals surface area contributed by atoms with Gasteiger partial charge < -0.3 is 4.90 Å². The summed E-state index contributed by atoms with van der Waals surface area (Å²) in [6.07, 6.45) is 3.57. The van der Waals surface area contributed by atoms with Crippen LogP contribution in [0, 0.1) is 0 Å². The van der Waals surface area contributed by atoms with E-state index in [2.05, 4.69) is 0 Å². The van der Waals surface area contributed by atoms with Crippen LogP contribution < -0.4 is 4.57 Å². The Bertz CT molecular complexity index is 906. The van der Waals surface area contributed by atoms with Crippen molar-refractivity contribution in [1.29, 1.82) is 0 Å². The number of rotatable bonds is 6. The molecule has 1 aromatic heterocycles. The molecule has 136 valence electrons. The molecule has 0 N–H and O–H groups in total. The van der Waals surface area contributed by atoms with Gasteiger partial charge in [-0.25, -0.2) is 0 Å². The van der Waals surface area contributed by atoms with Crippen LogP contribution in [0.1, 0.15) is 34.5 Å². The third-order valence-electron chi connectivity index (χ3n) is 4.59. The fraction of sp³-hybridized carbons (Fsp3) is 0.174. The molecule has 3 aromatic rings. The minimum absolute atomic E-state index is 0.0194. The van der Waals surface area contributed by atoms with Crippen molar-refractivity contribution in [2.75, 3.05) is 7.05 Å². The Balaban J connectivity index is 1.68. The van der Waals surface area contributed by atoms with Crippen LogP contribution in [0.4, 0.5) is 0 Å². The number of carbonyl (C=O) groups is 2. The standard InChI is InChI=1S/C23H23N2O2/c1-18(23(27)24(2)17-19-9-5-3-6-10-19)25-15-13-21(14-16-25)22(26)20-11-7-4-8-12-20/h3-16,18H,17H2,1-2H3/q+1/t18-/m0/s1. The molecule has 0 radical (unpaired) electrons. The van der Waals surface area contributed by atoms with Gasteiger partial charge in [0.05, 0.1) is 0 Å². The van der Waals surface area contributed by atoms with Gasteiger partial charge >= 0.3 is 0 Å². The largest absolute Gasteiger partial charge is 0.336 e. The minimum Gasteiger partial charge on any atom is -0.336 e. The lowest BCUT2D eigenvalue weighted by molar-refractivity contribution is -0.706. The molecule has 2 aromatic carbocycles. The molecule has 1 atom stereocenters. The van der Waals surface area contributed by atoms with E-state index in [9.17, 15) is 9.59 Å². The Morgan fingerprint density at radius 3 is 1.96 bits per heavy atom. The lowest BCUT2D eigenvalue weighted by Gasteiger charge is -2.19. The summed E-state index contributed by atoms with van der Waals surface area (Å²) in [6, 6.07) is 22.3. The first-order chi connectivity index (χ1) is 13.1. The first kappa shape index (κ1) is 18.5. The van der Waals surface area contributed by atoms with Gasteiger partial charge in [0.15, 0.2) is 18.2 Å². The van der Waals surface area contributed by atoms with Crippen molar-refractivity contribution in [3.63, 3.8) is 0 Å². The second-order valence-corrected chi connectivity index (χ2v) is 6.59. The predicted octanol–water partition coefficient (Wildman–Crippen LogP) is 3.42. The molecule has 0 unspecified atom stereocenters. The number of aromatic nitrogens is 1. The Morgan fingerprint density at radius 1 is 0.852 bits per heavy atom. The van der Waals surface area contributed by atoms with Gasteiger partial charge in [-0.15, -0.1) is 0 Å². The molecule has 27 heavy (non-hydrogen) atoms. The monoisotopic (exact) mass is 359 g/mol. The lowest BCUT2D eigenvalue weighted by Crippen LogP contribution is -2.46. The van der Waals surface area contributed by atoms with Crippen molar-refractivity contribution in [3.8, 4) is 0 Å². The van der Waals surface area contributed by atoms with E-state index in [4.69, 9.17) is 0 Å². The highest BCUT2D eigenvalue weighted by atomic mass is 16.2. The number of hydrogen-bond donors (Lipinski definition) is 0. The summed E-state index contributed by atoms with van der Waals surface area (Å²) in [7, 11) is 1.81. The molecule has 0 saturated heterocycles. The van der Waals surface area contributed by atoms with Crippen LogP contribution in [0.15, 0.2) is 85.2 Å². The van der Waals surface area contributed by atoms with E-state index in [0.29, 0.717) is 17.7 Å². The smallest absolute Gasteiger partial charge is 0.291 e. The molecule has 4 heteroatoms. The molecule has 0 spiro atoms. The van der Waals surface area contributed by atoms with Gasteiger partial charge in [0.25, 0.3) is 5.91 Å². The summed E-state index contributed by atoms with van der Waals surface area (Å²) >= 11 is 0. The molecular weight excluding hydrogens is 336 g/mol. The molecule has 1 amide bonds. The fourth-order valence-corrected chi connectivity index (χ4v) is 2.99.